The van der Waals surface area contributed by atoms with Crippen LogP contribution < -0.4 is 20.9 Å². The van der Waals surface area contributed by atoms with Crippen molar-refractivity contribution in [2.75, 3.05) is 5.73 Å². The second-order valence-corrected chi connectivity index (χ2v) is 7.14. The molecule has 1 heterocycles. The van der Waals surface area contributed by atoms with Crippen LogP contribution in [0.2, 0.25) is 0 Å². The van der Waals surface area contributed by atoms with Gasteiger partial charge in [0.2, 0.25) is 0 Å². The maximum atomic E-state index is 11.9. The number of nitrogens with one attached hydrogen (secondary N) is 1. The van der Waals surface area contributed by atoms with Gasteiger partial charge in [0, 0.05) is 0 Å². The Morgan fingerprint density at radius 1 is 0.774 bits per heavy atom. The molecule has 0 aliphatic rings. The van der Waals surface area contributed by atoms with Crippen LogP contribution in [0.4, 0.5) is 5.82 Å². The van der Waals surface area contributed by atoms with Gasteiger partial charge in [-0.05, 0) is 45.8 Å². The van der Waals surface area contributed by atoms with Gasteiger partial charge in [-0.2, -0.15) is 4.98 Å². The second kappa shape index (κ2) is 7.84. The number of ether oxygens (including phenoxy) is 2. The third-order valence-electron chi connectivity index (χ3n) is 5.03. The molecule has 0 spiro atoms. The number of aromatic amines is 1. The molecular weight excluding hydrogens is 390 g/mol. The predicted octanol–water partition coefficient (Wildman–Crippen LogP) is 5.03. The Kier molecular flexibility index (Phi) is 4.72. The molecule has 5 aromatic rings. The smallest absolute Gasteiger partial charge is 0.347 e. The van der Waals surface area contributed by atoms with Crippen molar-refractivity contribution in [3.63, 3.8) is 0 Å². The molecule has 3 N–H and O–H groups in total. The lowest BCUT2D eigenvalue weighted by atomic mass is 10.1. The Bertz CT molecular complexity index is 1460. The summed E-state index contributed by atoms with van der Waals surface area (Å²) in [6.45, 7) is 0.0726. The van der Waals surface area contributed by atoms with E-state index < -0.39 is 5.69 Å². The molecule has 6 heteroatoms. The van der Waals surface area contributed by atoms with Crippen molar-refractivity contribution < 1.29 is 9.47 Å². The molecule has 0 saturated heterocycles. The minimum absolute atomic E-state index is 0.00835. The van der Waals surface area contributed by atoms with E-state index in [2.05, 4.69) is 9.97 Å². The lowest BCUT2D eigenvalue weighted by Crippen LogP contribution is -2.18. The maximum absolute atomic E-state index is 11.9. The Balaban J connectivity index is 1.44. The third kappa shape index (κ3) is 3.91. The number of hydrogen-bond donors (Lipinski definition) is 2. The van der Waals surface area contributed by atoms with Gasteiger partial charge in [-0.25, -0.2) is 4.79 Å². The average molecular weight is 409 g/mol. The Labute approximate surface area is 177 Å². The van der Waals surface area contributed by atoms with Gasteiger partial charge in [0.25, 0.3) is 0 Å². The first-order chi connectivity index (χ1) is 15.2. The zero-order valence-electron chi connectivity index (χ0n) is 16.5. The van der Waals surface area contributed by atoms with Crippen LogP contribution in [-0.4, -0.2) is 9.97 Å². The van der Waals surface area contributed by atoms with Crippen molar-refractivity contribution in [3.05, 3.63) is 101 Å². The maximum Gasteiger partial charge on any atom is 0.347 e. The third-order valence-corrected chi connectivity index (χ3v) is 5.03. The Morgan fingerprint density at radius 2 is 1.35 bits per heavy atom. The molecule has 0 fully saturated rings. The lowest BCUT2D eigenvalue weighted by molar-refractivity contribution is 0.294. The molecule has 0 aliphatic carbocycles. The highest BCUT2D eigenvalue weighted by Crippen LogP contribution is 2.31. The summed E-state index contributed by atoms with van der Waals surface area (Å²) in [5, 5.41) is 4.32. The topological polar surface area (TPSA) is 90.2 Å². The van der Waals surface area contributed by atoms with E-state index in [1.807, 2.05) is 84.9 Å². The molecule has 31 heavy (non-hydrogen) atoms. The van der Waals surface area contributed by atoms with Crippen LogP contribution in [0.3, 0.4) is 0 Å². The predicted molar refractivity (Wildman–Crippen MR) is 122 cm³/mol. The second-order valence-electron chi connectivity index (χ2n) is 7.14. The summed E-state index contributed by atoms with van der Waals surface area (Å²) in [7, 11) is 0. The Morgan fingerprint density at radius 3 is 2.03 bits per heavy atom. The Hall–Kier alpha value is -4.32. The first-order valence-electron chi connectivity index (χ1n) is 9.83. The molecule has 152 valence electrons. The van der Waals surface area contributed by atoms with Gasteiger partial charge in [0.15, 0.2) is 11.6 Å². The molecule has 0 radical (unpaired) electrons. The van der Waals surface area contributed by atoms with Gasteiger partial charge in [0.1, 0.15) is 23.8 Å². The first kappa shape index (κ1) is 18.7. The number of benzene rings is 4. The number of nitrogens with two attached hydrogens (primary N) is 1. The van der Waals surface area contributed by atoms with E-state index in [0.29, 0.717) is 17.2 Å². The summed E-state index contributed by atoms with van der Waals surface area (Å²) in [6.07, 6.45) is 0. The molecule has 5 rings (SSSR count). The monoisotopic (exact) mass is 409 g/mol. The van der Waals surface area contributed by atoms with E-state index in [9.17, 15) is 4.79 Å². The number of hydrogen-bond acceptors (Lipinski definition) is 5. The minimum atomic E-state index is -0.555. The molecule has 0 unspecified atom stereocenters. The van der Waals surface area contributed by atoms with Crippen LogP contribution in [-0.2, 0) is 6.61 Å². The first-order valence-corrected chi connectivity index (χ1v) is 9.83. The van der Waals surface area contributed by atoms with Crippen molar-refractivity contribution >= 4 is 27.4 Å². The molecule has 0 saturated carbocycles. The van der Waals surface area contributed by atoms with Gasteiger partial charge >= 0.3 is 5.69 Å². The molecule has 0 aliphatic heterocycles. The highest BCUT2D eigenvalue weighted by Gasteiger charge is 2.14. The summed E-state index contributed by atoms with van der Waals surface area (Å²) in [4.78, 5) is 18.4. The standard InChI is InChI=1S/C25H19N3O3/c26-24-23(31-21-12-10-17-6-2-4-8-19(17)14-21)22(27-25(29)28-24)15-30-20-11-9-16-5-1-3-7-18(16)13-20/h1-14H,15H2,(H3,26,27,28,29). The van der Waals surface area contributed by atoms with E-state index in [-0.39, 0.29) is 18.2 Å². The molecule has 0 atom stereocenters. The van der Waals surface area contributed by atoms with E-state index in [1.54, 1.807) is 0 Å². The fraction of sp³-hybridized carbons (Fsp3) is 0.0400. The van der Waals surface area contributed by atoms with E-state index in [4.69, 9.17) is 15.2 Å². The van der Waals surface area contributed by atoms with Gasteiger partial charge in [-0.1, -0.05) is 60.7 Å². The van der Waals surface area contributed by atoms with Gasteiger partial charge in [-0.15, -0.1) is 0 Å². The number of nitrogens with zero attached hydrogens (tertiary/aromatic N) is 1. The van der Waals surface area contributed by atoms with Crippen LogP contribution >= 0.6 is 0 Å². The number of fused-ring (bicyclic) bond motifs is 2. The van der Waals surface area contributed by atoms with Crippen molar-refractivity contribution in [2.45, 2.75) is 6.61 Å². The van der Waals surface area contributed by atoms with E-state index in [1.165, 1.54) is 0 Å². The average Bonchev–Trinajstić information content (AvgIpc) is 2.79. The summed E-state index contributed by atoms with van der Waals surface area (Å²) in [6, 6.07) is 27.5. The lowest BCUT2D eigenvalue weighted by Gasteiger charge is -2.14. The van der Waals surface area contributed by atoms with Crippen LogP contribution in [0.1, 0.15) is 5.69 Å². The van der Waals surface area contributed by atoms with E-state index >= 15 is 0 Å². The quantitative estimate of drug-likeness (QED) is 0.425. The molecule has 4 aromatic carbocycles. The zero-order valence-corrected chi connectivity index (χ0v) is 16.5. The van der Waals surface area contributed by atoms with Crippen LogP contribution in [0.15, 0.2) is 89.7 Å². The number of nitrogen functional groups attached to an aromatic ring is 1. The number of anilines is 1. The van der Waals surface area contributed by atoms with Crippen molar-refractivity contribution in [1.82, 2.24) is 9.97 Å². The number of rotatable bonds is 5. The zero-order chi connectivity index (χ0) is 21.2. The molecule has 0 bridgehead atoms. The van der Waals surface area contributed by atoms with Gasteiger partial charge in [-0.3, -0.25) is 0 Å². The molecule has 0 amide bonds. The van der Waals surface area contributed by atoms with Crippen LogP contribution in [0.25, 0.3) is 21.5 Å². The SMILES string of the molecule is Nc1nc(=O)[nH]c(COc2ccc3ccccc3c2)c1Oc1ccc2ccccc2c1. The summed E-state index contributed by atoms with van der Waals surface area (Å²) in [5.74, 6) is 1.54. The molecular formula is C25H19N3O3. The highest BCUT2D eigenvalue weighted by atomic mass is 16.5. The van der Waals surface area contributed by atoms with Crippen molar-refractivity contribution in [2.24, 2.45) is 0 Å². The van der Waals surface area contributed by atoms with Gasteiger partial charge < -0.3 is 20.2 Å². The fourth-order valence-electron chi connectivity index (χ4n) is 3.51. The summed E-state index contributed by atoms with van der Waals surface area (Å²) in [5.41, 5.74) is 5.87. The number of H-pyrrole nitrogens is 1. The normalized spacial score (nSPS) is 11.0. The van der Waals surface area contributed by atoms with Crippen LogP contribution in [0.5, 0.6) is 17.2 Å². The molecule has 6 nitrogen and oxygen atoms in total. The number of aromatic nitrogens is 2. The van der Waals surface area contributed by atoms with Crippen LogP contribution in [0, 0.1) is 0 Å². The summed E-state index contributed by atoms with van der Waals surface area (Å²) < 4.78 is 11.9. The largest absolute Gasteiger partial charge is 0.487 e. The van der Waals surface area contributed by atoms with Crippen molar-refractivity contribution in [3.8, 4) is 17.2 Å². The minimum Gasteiger partial charge on any atom is -0.487 e. The van der Waals surface area contributed by atoms with E-state index in [0.717, 1.165) is 21.5 Å². The highest BCUT2D eigenvalue weighted by molar-refractivity contribution is 5.84. The molecule has 1 aromatic heterocycles. The van der Waals surface area contributed by atoms with Crippen molar-refractivity contribution in [1.29, 1.82) is 0 Å². The fourth-order valence-corrected chi connectivity index (χ4v) is 3.51. The summed E-state index contributed by atoms with van der Waals surface area (Å²) >= 11 is 0. The van der Waals surface area contributed by atoms with Gasteiger partial charge in [0.05, 0.1) is 0 Å².